The Bertz CT molecular complexity index is 396. The molecule has 1 fully saturated rings. The molecule has 0 spiro atoms. The van der Waals surface area contributed by atoms with E-state index >= 15 is 0 Å². The van der Waals surface area contributed by atoms with Crippen molar-refractivity contribution >= 4 is 28.4 Å². The van der Waals surface area contributed by atoms with Crippen LogP contribution in [0, 0.1) is 15.4 Å². The number of ketones is 1. The van der Waals surface area contributed by atoms with Crippen LogP contribution in [0.3, 0.4) is 0 Å². The summed E-state index contributed by atoms with van der Waals surface area (Å²) in [6, 6.07) is 8.59. The van der Waals surface area contributed by atoms with Gasteiger partial charge in [-0.2, -0.15) is 0 Å². The second kappa shape index (κ2) is 6.69. The monoisotopic (exact) mass is 356 g/mol. The molecule has 0 radical (unpaired) electrons. The molecule has 1 aliphatic rings. The lowest BCUT2D eigenvalue weighted by atomic mass is 9.76. The molecule has 0 saturated heterocycles. The predicted molar refractivity (Wildman–Crippen MR) is 83.6 cm³/mol. The quantitative estimate of drug-likeness (QED) is 0.720. The summed E-state index contributed by atoms with van der Waals surface area (Å²) in [6.07, 6.45) is 6.51. The zero-order valence-corrected chi connectivity index (χ0v) is 13.2. The second-order valence-electron chi connectivity index (χ2n) is 5.42. The highest BCUT2D eigenvalue weighted by molar-refractivity contribution is 14.1. The molecule has 1 aliphatic carbocycles. The summed E-state index contributed by atoms with van der Waals surface area (Å²) < 4.78 is 1.26. The third-order valence-corrected chi connectivity index (χ3v) is 4.68. The van der Waals surface area contributed by atoms with Gasteiger partial charge in [0.25, 0.3) is 0 Å². The van der Waals surface area contributed by atoms with Crippen LogP contribution in [0.1, 0.15) is 44.6 Å². The lowest BCUT2D eigenvalue weighted by Crippen LogP contribution is -2.26. The average molecular weight is 356 g/mol. The summed E-state index contributed by atoms with van der Waals surface area (Å²) in [5.41, 5.74) is 1.31. The molecular weight excluding hydrogens is 335 g/mol. The minimum absolute atomic E-state index is 0.273. The molecule has 2 unspecified atom stereocenters. The van der Waals surface area contributed by atoms with Crippen molar-refractivity contribution in [1.29, 1.82) is 0 Å². The van der Waals surface area contributed by atoms with Crippen LogP contribution in [0.25, 0.3) is 0 Å². The topological polar surface area (TPSA) is 17.1 Å². The van der Waals surface area contributed by atoms with Gasteiger partial charge in [-0.15, -0.1) is 0 Å². The van der Waals surface area contributed by atoms with Crippen molar-refractivity contribution in [3.05, 3.63) is 33.4 Å². The van der Waals surface area contributed by atoms with Crippen LogP contribution in [0.2, 0.25) is 0 Å². The van der Waals surface area contributed by atoms with Gasteiger partial charge in [0.2, 0.25) is 0 Å². The van der Waals surface area contributed by atoms with Crippen LogP contribution < -0.4 is 0 Å². The Labute approximate surface area is 123 Å². The molecule has 0 heterocycles. The lowest BCUT2D eigenvalue weighted by Gasteiger charge is -2.28. The van der Waals surface area contributed by atoms with Crippen LogP contribution >= 0.6 is 22.6 Å². The third kappa shape index (κ3) is 3.81. The van der Waals surface area contributed by atoms with E-state index in [0.717, 1.165) is 31.6 Å². The number of hydrogen-bond acceptors (Lipinski definition) is 1. The van der Waals surface area contributed by atoms with Crippen molar-refractivity contribution in [1.82, 2.24) is 0 Å². The molecule has 2 atom stereocenters. The molecule has 1 aromatic rings. The number of Topliss-reactive ketones (excluding diaryl/α,β-unsaturated/α-hetero) is 1. The minimum atomic E-state index is 0.273. The van der Waals surface area contributed by atoms with Gasteiger partial charge in [0, 0.05) is 15.9 Å². The molecule has 1 saturated carbocycles. The molecule has 2 rings (SSSR count). The Hall–Kier alpha value is -0.380. The highest BCUT2D eigenvalue weighted by Crippen LogP contribution is 2.31. The van der Waals surface area contributed by atoms with Crippen LogP contribution in [0.5, 0.6) is 0 Å². The number of halogens is 1. The molecule has 18 heavy (non-hydrogen) atoms. The van der Waals surface area contributed by atoms with Gasteiger partial charge >= 0.3 is 0 Å². The molecule has 1 aromatic carbocycles. The fourth-order valence-corrected chi connectivity index (χ4v) is 3.33. The summed E-state index contributed by atoms with van der Waals surface area (Å²) in [6.45, 7) is 2.24. The number of carbonyl (C=O) groups excluding carboxylic acids is 1. The van der Waals surface area contributed by atoms with E-state index in [4.69, 9.17) is 0 Å². The predicted octanol–water partition coefficient (Wildman–Crippen LogP) is 4.62. The van der Waals surface area contributed by atoms with Gasteiger partial charge in [0.15, 0.2) is 0 Å². The maximum atomic E-state index is 12.0. The molecule has 1 nitrogen and oxygen atoms in total. The molecule has 0 aromatic heterocycles. The van der Waals surface area contributed by atoms with E-state index in [-0.39, 0.29) is 5.92 Å². The molecule has 0 amide bonds. The second-order valence-corrected chi connectivity index (χ2v) is 6.67. The van der Waals surface area contributed by atoms with Gasteiger partial charge in [-0.3, -0.25) is 4.79 Å². The average Bonchev–Trinajstić information content (AvgIpc) is 2.36. The number of carbonyl (C=O) groups is 1. The SMILES string of the molecule is CCCC1CCC(=O)C(Cc2ccc(I)cc2)C1. The van der Waals surface area contributed by atoms with Crippen molar-refractivity contribution in [2.75, 3.05) is 0 Å². The normalized spacial score (nSPS) is 24.2. The Morgan fingerprint density at radius 1 is 1.28 bits per heavy atom. The zero-order chi connectivity index (χ0) is 13.0. The van der Waals surface area contributed by atoms with Crippen molar-refractivity contribution in [2.45, 2.75) is 45.4 Å². The van der Waals surface area contributed by atoms with E-state index in [0.29, 0.717) is 5.78 Å². The number of hydrogen-bond donors (Lipinski definition) is 0. The first kappa shape index (κ1) is 14.0. The summed E-state index contributed by atoms with van der Waals surface area (Å²) in [7, 11) is 0. The van der Waals surface area contributed by atoms with E-state index in [1.54, 1.807) is 0 Å². The van der Waals surface area contributed by atoms with Crippen molar-refractivity contribution in [2.24, 2.45) is 11.8 Å². The maximum absolute atomic E-state index is 12.0. The first-order valence-electron chi connectivity index (χ1n) is 6.96. The largest absolute Gasteiger partial charge is 0.299 e. The van der Waals surface area contributed by atoms with Gasteiger partial charge in [-0.1, -0.05) is 31.9 Å². The van der Waals surface area contributed by atoms with E-state index in [1.807, 2.05) is 0 Å². The minimum Gasteiger partial charge on any atom is -0.299 e. The van der Waals surface area contributed by atoms with Gasteiger partial charge in [0.05, 0.1) is 0 Å². The zero-order valence-electron chi connectivity index (χ0n) is 11.0. The Kier molecular flexibility index (Phi) is 5.22. The molecule has 0 aliphatic heterocycles. The first-order valence-corrected chi connectivity index (χ1v) is 8.04. The van der Waals surface area contributed by atoms with Gasteiger partial charge in [-0.05, 0) is 65.5 Å². The Morgan fingerprint density at radius 2 is 2.00 bits per heavy atom. The number of benzene rings is 1. The van der Waals surface area contributed by atoms with Gasteiger partial charge in [0.1, 0.15) is 5.78 Å². The first-order chi connectivity index (χ1) is 8.69. The van der Waals surface area contributed by atoms with Gasteiger partial charge in [-0.25, -0.2) is 0 Å². The van der Waals surface area contributed by atoms with Crippen molar-refractivity contribution < 1.29 is 4.79 Å². The van der Waals surface area contributed by atoms with Crippen LogP contribution in [0.4, 0.5) is 0 Å². The summed E-state index contributed by atoms with van der Waals surface area (Å²) >= 11 is 2.32. The Balaban J connectivity index is 1.98. The molecule has 98 valence electrons. The van der Waals surface area contributed by atoms with Crippen LogP contribution in [-0.4, -0.2) is 5.78 Å². The van der Waals surface area contributed by atoms with E-state index in [1.165, 1.54) is 22.0 Å². The molecule has 0 N–H and O–H groups in total. The van der Waals surface area contributed by atoms with Crippen molar-refractivity contribution in [3.63, 3.8) is 0 Å². The highest BCUT2D eigenvalue weighted by atomic mass is 127. The summed E-state index contributed by atoms with van der Waals surface area (Å²) in [5.74, 6) is 1.54. The standard InChI is InChI=1S/C16H21IO/c1-2-3-12-6-9-16(18)14(10-12)11-13-4-7-15(17)8-5-13/h4-5,7-8,12,14H,2-3,6,9-11H2,1H3. The van der Waals surface area contributed by atoms with E-state index in [9.17, 15) is 4.79 Å². The van der Waals surface area contributed by atoms with E-state index < -0.39 is 0 Å². The maximum Gasteiger partial charge on any atom is 0.136 e. The highest BCUT2D eigenvalue weighted by Gasteiger charge is 2.28. The smallest absolute Gasteiger partial charge is 0.136 e. The summed E-state index contributed by atoms with van der Waals surface area (Å²) in [5, 5.41) is 0. The fraction of sp³-hybridized carbons (Fsp3) is 0.562. The fourth-order valence-electron chi connectivity index (χ4n) is 2.97. The lowest BCUT2D eigenvalue weighted by molar-refractivity contribution is -0.125. The molecule has 0 bridgehead atoms. The molecule has 2 heteroatoms. The van der Waals surface area contributed by atoms with Crippen LogP contribution in [-0.2, 0) is 11.2 Å². The number of rotatable bonds is 4. The van der Waals surface area contributed by atoms with Gasteiger partial charge < -0.3 is 0 Å². The molecular formula is C16H21IO. The van der Waals surface area contributed by atoms with Crippen LogP contribution in [0.15, 0.2) is 24.3 Å². The van der Waals surface area contributed by atoms with Crippen molar-refractivity contribution in [3.8, 4) is 0 Å². The summed E-state index contributed by atoms with van der Waals surface area (Å²) in [4.78, 5) is 12.0. The Morgan fingerprint density at radius 3 is 2.67 bits per heavy atom. The van der Waals surface area contributed by atoms with E-state index in [2.05, 4.69) is 53.8 Å². The third-order valence-electron chi connectivity index (χ3n) is 3.96.